The molecule has 1 amide bonds. The number of carbonyl (C=O) groups excluding carboxylic acids is 1. The number of aromatic nitrogens is 3. The molecule has 0 unspecified atom stereocenters. The number of hydrogen-bond acceptors (Lipinski definition) is 4. The zero-order valence-electron chi connectivity index (χ0n) is 17.6. The molecule has 0 N–H and O–H groups in total. The van der Waals surface area contributed by atoms with Gasteiger partial charge in [-0.15, -0.1) is 10.2 Å². The molecule has 0 radical (unpaired) electrons. The van der Waals surface area contributed by atoms with Crippen LogP contribution in [0, 0.1) is 11.7 Å². The van der Waals surface area contributed by atoms with Gasteiger partial charge in [0.05, 0.1) is 11.3 Å². The first-order chi connectivity index (χ1) is 14.0. The molecule has 1 heterocycles. The van der Waals surface area contributed by atoms with Crippen LogP contribution in [0.1, 0.15) is 52.9 Å². The van der Waals surface area contributed by atoms with Crippen molar-refractivity contribution in [1.82, 2.24) is 19.7 Å². The van der Waals surface area contributed by atoms with Gasteiger partial charge >= 0.3 is 0 Å². The van der Waals surface area contributed by atoms with Crippen LogP contribution in [0.15, 0.2) is 29.4 Å². The van der Waals surface area contributed by atoms with Gasteiger partial charge in [-0.2, -0.15) is 0 Å². The molecule has 2 aromatic rings. The van der Waals surface area contributed by atoms with Crippen molar-refractivity contribution in [3.63, 3.8) is 0 Å². The maximum Gasteiger partial charge on any atom is 0.233 e. The van der Waals surface area contributed by atoms with Crippen molar-refractivity contribution < 1.29 is 9.18 Å². The molecule has 158 valence electrons. The van der Waals surface area contributed by atoms with E-state index in [1.54, 1.807) is 18.2 Å². The summed E-state index contributed by atoms with van der Waals surface area (Å²) in [5.41, 5.74) is 0.441. The second-order valence-corrected chi connectivity index (χ2v) is 8.99. The standard InChI is InChI=1S/C22H31FN4OS/c1-4-26(17-10-6-5-7-11-17)20(28)15-29-22-25-24-21(27(22)14-16(2)3)18-12-8-9-13-19(18)23/h8-9,12-13,16-17H,4-7,10-11,14-15H2,1-3H3. The number of hydrogen-bond donors (Lipinski definition) is 0. The van der Waals surface area contributed by atoms with E-state index in [1.807, 2.05) is 9.47 Å². The fraction of sp³-hybridized carbons (Fsp3) is 0.591. The molecule has 1 aliphatic carbocycles. The van der Waals surface area contributed by atoms with Gasteiger partial charge < -0.3 is 9.47 Å². The summed E-state index contributed by atoms with van der Waals surface area (Å²) >= 11 is 1.40. The number of halogens is 1. The number of rotatable bonds is 8. The Kier molecular flexibility index (Phi) is 7.70. The van der Waals surface area contributed by atoms with Gasteiger partial charge in [0.25, 0.3) is 0 Å². The van der Waals surface area contributed by atoms with Crippen LogP contribution in [0.25, 0.3) is 11.4 Å². The molecule has 7 heteroatoms. The van der Waals surface area contributed by atoms with Crippen LogP contribution in [0.4, 0.5) is 4.39 Å². The first kappa shape index (κ1) is 21.8. The molecule has 1 aromatic carbocycles. The molecule has 0 aliphatic heterocycles. The molecule has 0 saturated heterocycles. The van der Waals surface area contributed by atoms with E-state index in [0.29, 0.717) is 40.8 Å². The summed E-state index contributed by atoms with van der Waals surface area (Å²) in [4.78, 5) is 14.9. The minimum absolute atomic E-state index is 0.149. The number of amides is 1. The van der Waals surface area contributed by atoms with Crippen molar-refractivity contribution in [2.24, 2.45) is 5.92 Å². The SMILES string of the molecule is CCN(C(=O)CSc1nnc(-c2ccccc2F)n1CC(C)C)C1CCCCC1. The molecule has 1 aromatic heterocycles. The van der Waals surface area contributed by atoms with Crippen molar-refractivity contribution in [1.29, 1.82) is 0 Å². The highest BCUT2D eigenvalue weighted by Crippen LogP contribution is 2.28. The van der Waals surface area contributed by atoms with Gasteiger partial charge in [0, 0.05) is 19.1 Å². The van der Waals surface area contributed by atoms with E-state index in [0.717, 1.165) is 19.4 Å². The Labute approximate surface area is 177 Å². The third-order valence-electron chi connectivity index (χ3n) is 5.38. The van der Waals surface area contributed by atoms with E-state index in [4.69, 9.17) is 0 Å². The van der Waals surface area contributed by atoms with Gasteiger partial charge in [0.1, 0.15) is 5.82 Å². The average Bonchev–Trinajstić information content (AvgIpc) is 3.10. The van der Waals surface area contributed by atoms with Gasteiger partial charge in [-0.1, -0.05) is 57.0 Å². The Hall–Kier alpha value is -1.89. The van der Waals surface area contributed by atoms with E-state index in [1.165, 1.54) is 37.1 Å². The average molecular weight is 419 g/mol. The molecular weight excluding hydrogens is 387 g/mol. The van der Waals surface area contributed by atoms with E-state index in [9.17, 15) is 9.18 Å². The minimum Gasteiger partial charge on any atom is -0.339 e. The molecule has 0 spiro atoms. The van der Waals surface area contributed by atoms with Crippen LogP contribution in [-0.2, 0) is 11.3 Å². The van der Waals surface area contributed by atoms with Gasteiger partial charge in [0.15, 0.2) is 11.0 Å². The summed E-state index contributed by atoms with van der Waals surface area (Å²) in [6, 6.07) is 6.98. The topological polar surface area (TPSA) is 51.0 Å². The molecule has 5 nitrogen and oxygen atoms in total. The summed E-state index contributed by atoms with van der Waals surface area (Å²) in [7, 11) is 0. The molecule has 0 atom stereocenters. The van der Waals surface area contributed by atoms with E-state index in [-0.39, 0.29) is 11.7 Å². The molecule has 3 rings (SSSR count). The van der Waals surface area contributed by atoms with Crippen LogP contribution >= 0.6 is 11.8 Å². The van der Waals surface area contributed by atoms with Crippen molar-refractivity contribution in [3.05, 3.63) is 30.1 Å². The number of benzene rings is 1. The number of nitrogens with zero attached hydrogens (tertiary/aromatic N) is 4. The molecule has 1 fully saturated rings. The summed E-state index contributed by atoms with van der Waals surface area (Å²) in [6.45, 7) is 7.67. The van der Waals surface area contributed by atoms with Crippen molar-refractivity contribution >= 4 is 17.7 Å². The van der Waals surface area contributed by atoms with Crippen molar-refractivity contribution in [2.75, 3.05) is 12.3 Å². The lowest BCUT2D eigenvalue weighted by Crippen LogP contribution is -2.42. The normalized spacial score (nSPS) is 15.1. The predicted molar refractivity (Wildman–Crippen MR) is 115 cm³/mol. The number of thioether (sulfide) groups is 1. The Morgan fingerprint density at radius 1 is 1.24 bits per heavy atom. The highest BCUT2D eigenvalue weighted by Gasteiger charge is 2.25. The Bertz CT molecular complexity index is 817. The lowest BCUT2D eigenvalue weighted by atomic mass is 9.94. The van der Waals surface area contributed by atoms with Crippen LogP contribution in [-0.4, -0.2) is 43.9 Å². The highest BCUT2D eigenvalue weighted by molar-refractivity contribution is 7.99. The second-order valence-electron chi connectivity index (χ2n) is 8.05. The van der Waals surface area contributed by atoms with Crippen LogP contribution in [0.5, 0.6) is 0 Å². The van der Waals surface area contributed by atoms with Gasteiger partial charge in [-0.25, -0.2) is 4.39 Å². The summed E-state index contributed by atoms with van der Waals surface area (Å²) < 4.78 is 16.3. The maximum absolute atomic E-state index is 14.3. The fourth-order valence-electron chi connectivity index (χ4n) is 4.01. The Morgan fingerprint density at radius 2 is 1.97 bits per heavy atom. The summed E-state index contributed by atoms with van der Waals surface area (Å²) in [5.74, 6) is 1.04. The fourth-order valence-corrected chi connectivity index (χ4v) is 4.84. The quantitative estimate of drug-likeness (QED) is 0.565. The molecular formula is C22H31FN4OS. The number of carbonyl (C=O) groups is 1. The third kappa shape index (κ3) is 5.38. The van der Waals surface area contributed by atoms with E-state index < -0.39 is 0 Å². The smallest absolute Gasteiger partial charge is 0.233 e. The first-order valence-corrected chi connectivity index (χ1v) is 11.6. The van der Waals surface area contributed by atoms with Crippen LogP contribution in [0.2, 0.25) is 0 Å². The van der Waals surface area contributed by atoms with Gasteiger partial charge in [-0.3, -0.25) is 4.79 Å². The minimum atomic E-state index is -0.313. The lowest BCUT2D eigenvalue weighted by Gasteiger charge is -2.33. The summed E-state index contributed by atoms with van der Waals surface area (Å²) in [5, 5.41) is 9.23. The van der Waals surface area contributed by atoms with Crippen LogP contribution in [0.3, 0.4) is 0 Å². The van der Waals surface area contributed by atoms with Crippen LogP contribution < -0.4 is 0 Å². The largest absolute Gasteiger partial charge is 0.339 e. The maximum atomic E-state index is 14.3. The van der Waals surface area contributed by atoms with Gasteiger partial charge in [-0.05, 0) is 37.8 Å². The third-order valence-corrected chi connectivity index (χ3v) is 6.33. The Morgan fingerprint density at radius 3 is 2.62 bits per heavy atom. The monoisotopic (exact) mass is 418 g/mol. The molecule has 0 bridgehead atoms. The molecule has 1 saturated carbocycles. The lowest BCUT2D eigenvalue weighted by molar-refractivity contribution is -0.131. The van der Waals surface area contributed by atoms with Gasteiger partial charge in [0.2, 0.25) is 5.91 Å². The second kappa shape index (κ2) is 10.2. The zero-order chi connectivity index (χ0) is 20.8. The van der Waals surface area contributed by atoms with Crippen molar-refractivity contribution in [3.8, 4) is 11.4 Å². The van der Waals surface area contributed by atoms with Crippen molar-refractivity contribution in [2.45, 2.75) is 70.6 Å². The van der Waals surface area contributed by atoms with E-state index in [2.05, 4.69) is 31.0 Å². The highest BCUT2D eigenvalue weighted by atomic mass is 32.2. The molecule has 29 heavy (non-hydrogen) atoms. The Balaban J connectivity index is 1.76. The first-order valence-electron chi connectivity index (χ1n) is 10.6. The molecule has 1 aliphatic rings. The summed E-state index contributed by atoms with van der Waals surface area (Å²) in [6.07, 6.45) is 5.89. The predicted octanol–water partition coefficient (Wildman–Crippen LogP) is 5.01. The van der Waals surface area contributed by atoms with E-state index >= 15 is 0 Å². The zero-order valence-corrected chi connectivity index (χ0v) is 18.4.